The molecule has 1 aromatic heterocycles. The van der Waals surface area contributed by atoms with Crippen LogP contribution in [0.4, 0.5) is 5.69 Å². The highest BCUT2D eigenvalue weighted by Crippen LogP contribution is 2.32. The first-order valence-electron chi connectivity index (χ1n) is 10.6. The largest absolute Gasteiger partial charge is 0.476 e. The van der Waals surface area contributed by atoms with E-state index in [1.165, 1.54) is 0 Å². The monoisotopic (exact) mass is 505 g/mol. The molecule has 0 bridgehead atoms. The number of benzene rings is 3. The number of anilines is 1. The van der Waals surface area contributed by atoms with Gasteiger partial charge >= 0.3 is 0 Å². The molecule has 5 nitrogen and oxygen atoms in total. The van der Waals surface area contributed by atoms with Crippen LogP contribution in [0.15, 0.2) is 86.5 Å². The van der Waals surface area contributed by atoms with E-state index in [4.69, 9.17) is 9.15 Å². The van der Waals surface area contributed by atoms with Crippen LogP contribution in [0.1, 0.15) is 26.3 Å². The van der Waals surface area contributed by atoms with Crippen LogP contribution in [-0.4, -0.2) is 12.5 Å². The minimum Gasteiger partial charge on any atom is -0.476 e. The third-order valence-electron chi connectivity index (χ3n) is 5.24. The van der Waals surface area contributed by atoms with Crippen LogP contribution in [0.3, 0.4) is 0 Å². The Hall–Kier alpha value is -3.38. The van der Waals surface area contributed by atoms with Crippen LogP contribution >= 0.6 is 15.9 Å². The number of nitrogens with one attached hydrogen (secondary N) is 1. The zero-order valence-corrected chi connectivity index (χ0v) is 20.2. The smallest absolute Gasteiger partial charge is 0.262 e. The fourth-order valence-corrected chi connectivity index (χ4v) is 3.70. The number of ether oxygens (including phenoxy) is 1. The van der Waals surface area contributed by atoms with Crippen molar-refractivity contribution in [1.82, 2.24) is 0 Å². The lowest BCUT2D eigenvalue weighted by Crippen LogP contribution is -2.22. The second-order valence-corrected chi connectivity index (χ2v) is 9.67. The maximum Gasteiger partial charge on any atom is 0.262 e. The number of para-hydroxylation sites is 1. The molecule has 1 amide bonds. The van der Waals surface area contributed by atoms with Gasteiger partial charge in [-0.15, -0.1) is 0 Å². The van der Waals surface area contributed by atoms with Crippen molar-refractivity contribution in [2.45, 2.75) is 26.2 Å². The van der Waals surface area contributed by atoms with Crippen LogP contribution in [0.25, 0.3) is 22.3 Å². The molecule has 4 aromatic rings. The predicted molar refractivity (Wildman–Crippen MR) is 135 cm³/mol. The highest BCUT2D eigenvalue weighted by molar-refractivity contribution is 9.10. The first kappa shape index (κ1) is 22.8. The molecule has 168 valence electrons. The molecule has 0 aliphatic heterocycles. The van der Waals surface area contributed by atoms with Crippen LogP contribution in [0, 0.1) is 0 Å². The van der Waals surface area contributed by atoms with Gasteiger partial charge in [-0.05, 0) is 47.4 Å². The summed E-state index contributed by atoms with van der Waals surface area (Å²) in [6.07, 6.45) is 0. The topological polar surface area (TPSA) is 68.5 Å². The average molecular weight is 506 g/mol. The first-order valence-corrected chi connectivity index (χ1v) is 11.4. The highest BCUT2D eigenvalue weighted by atomic mass is 79.9. The van der Waals surface area contributed by atoms with E-state index in [1.54, 1.807) is 30.3 Å². The summed E-state index contributed by atoms with van der Waals surface area (Å²) in [7, 11) is 0. The molecule has 0 aliphatic rings. The maximum absolute atomic E-state index is 13.2. The summed E-state index contributed by atoms with van der Waals surface area (Å²) in [5.74, 6) is -0.0577. The zero-order valence-electron chi connectivity index (χ0n) is 18.6. The Labute approximate surface area is 200 Å². The van der Waals surface area contributed by atoms with Gasteiger partial charge in [0.1, 0.15) is 5.58 Å². The van der Waals surface area contributed by atoms with Crippen molar-refractivity contribution in [2.75, 3.05) is 11.9 Å². The number of hydrogen-bond donors (Lipinski definition) is 1. The molecular weight excluding hydrogens is 482 g/mol. The molecule has 0 atom stereocenters. The Bertz CT molecular complexity index is 1350. The standard InChI is InChI=1S/C27H24BrNO4/c1-27(2,3)18-10-8-17(9-11-18)25-26(24(31)21-6-4-5-7-22(21)33-25)32-16-23(30)29-20-14-12-19(28)13-15-20/h4-15H,16H2,1-3H3,(H,29,30). The summed E-state index contributed by atoms with van der Waals surface area (Å²) in [6, 6.07) is 22.0. The van der Waals surface area contributed by atoms with E-state index in [0.29, 0.717) is 28.0 Å². The third-order valence-corrected chi connectivity index (χ3v) is 5.77. The van der Waals surface area contributed by atoms with Crippen LogP contribution in [0.2, 0.25) is 0 Å². The van der Waals surface area contributed by atoms with Crippen LogP contribution in [0.5, 0.6) is 5.75 Å². The van der Waals surface area contributed by atoms with Crippen molar-refractivity contribution in [1.29, 1.82) is 0 Å². The van der Waals surface area contributed by atoms with Crippen molar-refractivity contribution in [3.8, 4) is 17.1 Å². The molecule has 3 aromatic carbocycles. The van der Waals surface area contributed by atoms with Gasteiger partial charge in [0.15, 0.2) is 12.4 Å². The Morgan fingerprint density at radius 3 is 2.30 bits per heavy atom. The lowest BCUT2D eigenvalue weighted by atomic mass is 9.86. The van der Waals surface area contributed by atoms with Gasteiger partial charge in [-0.25, -0.2) is 0 Å². The van der Waals surface area contributed by atoms with E-state index in [9.17, 15) is 9.59 Å². The molecule has 0 radical (unpaired) electrons. The van der Waals surface area contributed by atoms with Gasteiger partial charge in [0.25, 0.3) is 5.91 Å². The molecule has 1 N–H and O–H groups in total. The summed E-state index contributed by atoms with van der Waals surface area (Å²) >= 11 is 3.36. The fourth-order valence-electron chi connectivity index (χ4n) is 3.44. The number of halogens is 1. The molecule has 0 saturated heterocycles. The van der Waals surface area contributed by atoms with Gasteiger partial charge in [0, 0.05) is 15.7 Å². The Balaban J connectivity index is 1.67. The molecule has 0 unspecified atom stereocenters. The van der Waals surface area contributed by atoms with Crippen molar-refractivity contribution < 1.29 is 13.9 Å². The van der Waals surface area contributed by atoms with E-state index < -0.39 is 0 Å². The summed E-state index contributed by atoms with van der Waals surface area (Å²) in [4.78, 5) is 25.7. The first-order chi connectivity index (χ1) is 15.7. The molecule has 33 heavy (non-hydrogen) atoms. The van der Waals surface area contributed by atoms with Gasteiger partial charge in [-0.2, -0.15) is 0 Å². The summed E-state index contributed by atoms with van der Waals surface area (Å²) < 4.78 is 12.8. The number of fused-ring (bicyclic) bond motifs is 1. The van der Waals surface area contributed by atoms with E-state index in [1.807, 2.05) is 42.5 Å². The molecule has 0 fully saturated rings. The number of amides is 1. The lowest BCUT2D eigenvalue weighted by molar-refractivity contribution is -0.118. The van der Waals surface area contributed by atoms with E-state index >= 15 is 0 Å². The number of hydrogen-bond acceptors (Lipinski definition) is 4. The van der Waals surface area contributed by atoms with Gasteiger partial charge < -0.3 is 14.5 Å². The summed E-state index contributed by atoms with van der Waals surface area (Å²) in [5.41, 5.74) is 2.63. The third kappa shape index (κ3) is 5.17. The van der Waals surface area contributed by atoms with Gasteiger partial charge in [0.2, 0.25) is 11.2 Å². The molecule has 0 spiro atoms. The summed E-state index contributed by atoms with van der Waals surface area (Å²) in [5, 5.41) is 3.16. The Morgan fingerprint density at radius 2 is 1.64 bits per heavy atom. The maximum atomic E-state index is 13.2. The molecule has 0 saturated carbocycles. The zero-order chi connectivity index (χ0) is 23.6. The molecule has 6 heteroatoms. The second-order valence-electron chi connectivity index (χ2n) is 8.76. The molecule has 1 heterocycles. The van der Waals surface area contributed by atoms with Crippen molar-refractivity contribution in [3.63, 3.8) is 0 Å². The van der Waals surface area contributed by atoms with Crippen molar-refractivity contribution in [3.05, 3.63) is 93.1 Å². The minimum absolute atomic E-state index is 0.00675. The molecule has 4 rings (SSSR count). The quantitative estimate of drug-likeness (QED) is 0.334. The predicted octanol–water partition coefficient (Wildman–Crippen LogP) is 6.54. The van der Waals surface area contributed by atoms with Gasteiger partial charge in [-0.1, -0.05) is 73.1 Å². The van der Waals surface area contributed by atoms with Gasteiger partial charge in [-0.3, -0.25) is 9.59 Å². The number of rotatable bonds is 5. The van der Waals surface area contributed by atoms with Gasteiger partial charge in [0.05, 0.1) is 5.39 Å². The molecular formula is C27H24BrNO4. The lowest BCUT2D eigenvalue weighted by Gasteiger charge is -2.19. The second kappa shape index (κ2) is 9.24. The van der Waals surface area contributed by atoms with Crippen LogP contribution in [-0.2, 0) is 10.2 Å². The number of carbonyl (C=O) groups is 1. The Kier molecular flexibility index (Phi) is 6.38. The minimum atomic E-state index is -0.376. The summed E-state index contributed by atoms with van der Waals surface area (Å²) in [6.45, 7) is 6.08. The van der Waals surface area contributed by atoms with Crippen molar-refractivity contribution in [2.24, 2.45) is 0 Å². The Morgan fingerprint density at radius 1 is 0.970 bits per heavy atom. The average Bonchev–Trinajstić information content (AvgIpc) is 2.79. The number of carbonyl (C=O) groups excluding carboxylic acids is 1. The highest BCUT2D eigenvalue weighted by Gasteiger charge is 2.20. The van der Waals surface area contributed by atoms with Crippen molar-refractivity contribution >= 4 is 38.5 Å². The molecule has 0 aliphatic carbocycles. The normalized spacial score (nSPS) is 11.4. The van der Waals surface area contributed by atoms with E-state index in [-0.39, 0.29) is 29.1 Å². The van der Waals surface area contributed by atoms with Crippen LogP contribution < -0.4 is 15.5 Å². The van der Waals surface area contributed by atoms with E-state index in [2.05, 4.69) is 42.0 Å². The fraction of sp³-hybridized carbons (Fsp3) is 0.185. The SMILES string of the molecule is CC(C)(C)c1ccc(-c2oc3ccccc3c(=O)c2OCC(=O)Nc2ccc(Br)cc2)cc1. The van der Waals surface area contributed by atoms with E-state index in [0.717, 1.165) is 10.0 Å².